The molecular weight excluding hydrogens is 180 g/mol. The molecule has 0 saturated heterocycles. The Morgan fingerprint density at radius 2 is 1.79 bits per heavy atom. The molecule has 2 unspecified atom stereocenters. The summed E-state index contributed by atoms with van der Waals surface area (Å²) < 4.78 is 0. The fourth-order valence-electron chi connectivity index (χ4n) is 1.18. The van der Waals surface area contributed by atoms with Gasteiger partial charge in [0.1, 0.15) is 0 Å². The number of carbonyl (C=O) groups excluding carboxylic acids is 2. The Kier molecular flexibility index (Phi) is 5.20. The van der Waals surface area contributed by atoms with Crippen LogP contribution in [-0.2, 0) is 9.59 Å². The maximum atomic E-state index is 11.0. The maximum absolute atomic E-state index is 11.0. The molecule has 4 nitrogen and oxygen atoms in total. The lowest BCUT2D eigenvalue weighted by molar-refractivity contribution is -0.128. The van der Waals surface area contributed by atoms with Gasteiger partial charge in [-0.2, -0.15) is 0 Å². The predicted octanol–water partition coefficient (Wildman–Crippen LogP) is 0.625. The number of hydrogen-bond acceptors (Lipinski definition) is 2. The van der Waals surface area contributed by atoms with Crippen LogP contribution in [0, 0.1) is 5.92 Å². The van der Waals surface area contributed by atoms with E-state index in [0.29, 0.717) is 6.54 Å². The third-order valence-corrected chi connectivity index (χ3v) is 2.38. The van der Waals surface area contributed by atoms with Crippen molar-refractivity contribution in [3.05, 3.63) is 0 Å². The Labute approximate surface area is 85.7 Å². The summed E-state index contributed by atoms with van der Waals surface area (Å²) in [7, 11) is 1.76. The summed E-state index contributed by atoms with van der Waals surface area (Å²) in [5.41, 5.74) is 0. The normalized spacial score (nSPS) is 14.4. The average Bonchev–Trinajstić information content (AvgIpc) is 2.02. The van der Waals surface area contributed by atoms with Crippen molar-refractivity contribution in [3.63, 3.8) is 0 Å². The second-order valence-corrected chi connectivity index (χ2v) is 3.87. The summed E-state index contributed by atoms with van der Waals surface area (Å²) in [4.78, 5) is 23.4. The highest BCUT2D eigenvalue weighted by Gasteiger charge is 2.15. The number of hydrogen-bond donors (Lipinski definition) is 1. The quantitative estimate of drug-likeness (QED) is 0.723. The highest BCUT2D eigenvalue weighted by molar-refractivity contribution is 5.73. The van der Waals surface area contributed by atoms with Crippen LogP contribution in [0.1, 0.15) is 27.7 Å². The first-order valence-electron chi connectivity index (χ1n) is 4.83. The van der Waals surface area contributed by atoms with E-state index in [2.05, 4.69) is 5.32 Å². The standard InChI is InChI=1S/C10H20N2O2/c1-7(6-12(5)10(4)14)8(2)11-9(3)13/h7-8H,6H2,1-5H3,(H,11,13). The smallest absolute Gasteiger partial charge is 0.219 e. The first-order valence-corrected chi connectivity index (χ1v) is 4.83. The lowest BCUT2D eigenvalue weighted by Gasteiger charge is -2.25. The topological polar surface area (TPSA) is 49.4 Å². The van der Waals surface area contributed by atoms with Crippen LogP contribution >= 0.6 is 0 Å². The van der Waals surface area contributed by atoms with Crippen molar-refractivity contribution in [2.45, 2.75) is 33.7 Å². The van der Waals surface area contributed by atoms with E-state index in [1.165, 1.54) is 13.8 Å². The summed E-state index contributed by atoms with van der Waals surface area (Å²) in [5, 5.41) is 2.81. The third kappa shape index (κ3) is 4.84. The molecule has 0 aliphatic heterocycles. The Morgan fingerprint density at radius 3 is 2.14 bits per heavy atom. The molecule has 0 heterocycles. The van der Waals surface area contributed by atoms with E-state index in [1.807, 2.05) is 13.8 Å². The molecule has 14 heavy (non-hydrogen) atoms. The summed E-state index contributed by atoms with van der Waals surface area (Å²) in [6.45, 7) is 7.66. The van der Waals surface area contributed by atoms with Gasteiger partial charge in [0.05, 0.1) is 0 Å². The molecule has 0 fully saturated rings. The van der Waals surface area contributed by atoms with Crippen LogP contribution in [0.25, 0.3) is 0 Å². The van der Waals surface area contributed by atoms with Gasteiger partial charge in [-0.15, -0.1) is 0 Å². The van der Waals surface area contributed by atoms with E-state index in [9.17, 15) is 9.59 Å². The molecule has 0 aliphatic carbocycles. The number of amides is 2. The van der Waals surface area contributed by atoms with Gasteiger partial charge in [-0.25, -0.2) is 0 Å². The monoisotopic (exact) mass is 200 g/mol. The second-order valence-electron chi connectivity index (χ2n) is 3.87. The third-order valence-electron chi connectivity index (χ3n) is 2.38. The molecule has 2 amide bonds. The molecule has 2 atom stereocenters. The van der Waals surface area contributed by atoms with Crippen LogP contribution in [0.2, 0.25) is 0 Å². The Morgan fingerprint density at radius 1 is 1.29 bits per heavy atom. The van der Waals surface area contributed by atoms with Crippen LogP contribution in [0.5, 0.6) is 0 Å². The van der Waals surface area contributed by atoms with Crippen molar-refractivity contribution in [1.29, 1.82) is 0 Å². The lowest BCUT2D eigenvalue weighted by Crippen LogP contribution is -2.41. The summed E-state index contributed by atoms with van der Waals surface area (Å²) in [5.74, 6) is 0.273. The van der Waals surface area contributed by atoms with Crippen LogP contribution in [0.15, 0.2) is 0 Å². The van der Waals surface area contributed by atoms with Gasteiger partial charge < -0.3 is 10.2 Å². The van der Waals surface area contributed by atoms with Crippen molar-refractivity contribution < 1.29 is 9.59 Å². The van der Waals surface area contributed by atoms with E-state index < -0.39 is 0 Å². The number of nitrogens with zero attached hydrogens (tertiary/aromatic N) is 1. The van der Waals surface area contributed by atoms with Gasteiger partial charge in [-0.3, -0.25) is 9.59 Å². The first kappa shape index (κ1) is 12.9. The molecule has 1 N–H and O–H groups in total. The van der Waals surface area contributed by atoms with Gasteiger partial charge in [0, 0.05) is 33.5 Å². The van der Waals surface area contributed by atoms with Gasteiger partial charge >= 0.3 is 0 Å². The Bertz CT molecular complexity index is 216. The lowest BCUT2D eigenvalue weighted by atomic mass is 10.0. The van der Waals surface area contributed by atoms with Crippen molar-refractivity contribution in [2.24, 2.45) is 5.92 Å². The minimum Gasteiger partial charge on any atom is -0.354 e. The molecular formula is C10H20N2O2. The molecule has 0 spiro atoms. The number of nitrogens with one attached hydrogen (secondary N) is 1. The predicted molar refractivity (Wildman–Crippen MR) is 55.8 cm³/mol. The Hall–Kier alpha value is -1.06. The minimum atomic E-state index is -0.0326. The van der Waals surface area contributed by atoms with Gasteiger partial charge in [0.25, 0.3) is 0 Å². The molecule has 0 aliphatic rings. The van der Waals surface area contributed by atoms with Crippen molar-refractivity contribution in [3.8, 4) is 0 Å². The Balaban J connectivity index is 4.00. The highest BCUT2D eigenvalue weighted by Crippen LogP contribution is 2.04. The van der Waals surface area contributed by atoms with E-state index in [1.54, 1.807) is 11.9 Å². The zero-order valence-electron chi connectivity index (χ0n) is 9.63. The molecule has 0 aromatic carbocycles. The minimum absolute atomic E-state index is 0.0326. The molecule has 0 bridgehead atoms. The van der Waals surface area contributed by atoms with Crippen LogP contribution in [0.3, 0.4) is 0 Å². The maximum Gasteiger partial charge on any atom is 0.219 e. The summed E-state index contributed by atoms with van der Waals surface area (Å²) >= 11 is 0. The van der Waals surface area contributed by atoms with E-state index in [0.717, 1.165) is 0 Å². The van der Waals surface area contributed by atoms with Gasteiger partial charge in [-0.05, 0) is 12.8 Å². The number of rotatable bonds is 4. The zero-order chi connectivity index (χ0) is 11.3. The van der Waals surface area contributed by atoms with Crippen molar-refractivity contribution in [2.75, 3.05) is 13.6 Å². The molecule has 82 valence electrons. The fourth-order valence-corrected chi connectivity index (χ4v) is 1.18. The molecule has 0 radical (unpaired) electrons. The summed E-state index contributed by atoms with van der Waals surface area (Å²) in [6.07, 6.45) is 0. The van der Waals surface area contributed by atoms with Crippen LogP contribution < -0.4 is 5.32 Å². The van der Waals surface area contributed by atoms with Gasteiger partial charge in [0.15, 0.2) is 0 Å². The van der Waals surface area contributed by atoms with Crippen LogP contribution in [0.4, 0.5) is 0 Å². The van der Waals surface area contributed by atoms with Gasteiger partial charge in [0.2, 0.25) is 11.8 Å². The van der Waals surface area contributed by atoms with Gasteiger partial charge in [-0.1, -0.05) is 6.92 Å². The highest BCUT2D eigenvalue weighted by atomic mass is 16.2. The van der Waals surface area contributed by atoms with Crippen molar-refractivity contribution in [1.82, 2.24) is 10.2 Å². The van der Waals surface area contributed by atoms with Crippen molar-refractivity contribution >= 4 is 11.8 Å². The van der Waals surface area contributed by atoms with Crippen LogP contribution in [-0.4, -0.2) is 36.3 Å². The molecule has 0 rings (SSSR count). The SMILES string of the molecule is CC(=O)NC(C)C(C)CN(C)C(C)=O. The van der Waals surface area contributed by atoms with E-state index in [-0.39, 0.29) is 23.8 Å². The fraction of sp³-hybridized carbons (Fsp3) is 0.800. The molecule has 0 aromatic rings. The average molecular weight is 200 g/mol. The van der Waals surface area contributed by atoms with E-state index in [4.69, 9.17) is 0 Å². The largest absolute Gasteiger partial charge is 0.354 e. The molecule has 0 aromatic heterocycles. The second kappa shape index (κ2) is 5.62. The van der Waals surface area contributed by atoms with E-state index >= 15 is 0 Å². The molecule has 0 saturated carbocycles. The summed E-state index contributed by atoms with van der Waals surface area (Å²) in [6, 6.07) is 0.0919. The molecule has 4 heteroatoms. The first-order chi connectivity index (χ1) is 6.34. The number of carbonyl (C=O) groups is 2. The zero-order valence-corrected chi connectivity index (χ0v) is 9.63.